The van der Waals surface area contributed by atoms with Crippen molar-refractivity contribution in [2.45, 2.75) is 65.1 Å². The summed E-state index contributed by atoms with van der Waals surface area (Å²) in [6.45, 7) is 7.06. The maximum atomic E-state index is 13.5. The van der Waals surface area contributed by atoms with Gasteiger partial charge in [0.25, 0.3) is 0 Å². The number of likely N-dealkylation sites (tertiary alicyclic amines) is 1. The van der Waals surface area contributed by atoms with Crippen LogP contribution in [0.3, 0.4) is 0 Å². The molecule has 1 aliphatic heterocycles. The molecule has 15 heteroatoms. The molecule has 15 nitrogen and oxygen atoms in total. The van der Waals surface area contributed by atoms with E-state index in [0.29, 0.717) is 18.9 Å². The summed E-state index contributed by atoms with van der Waals surface area (Å²) in [5.41, 5.74) is 9.48. The predicted octanol–water partition coefficient (Wildman–Crippen LogP) is 5.66. The van der Waals surface area contributed by atoms with Crippen LogP contribution in [0.25, 0.3) is 44.7 Å². The third kappa shape index (κ3) is 7.51. The van der Waals surface area contributed by atoms with E-state index in [4.69, 9.17) is 4.74 Å². The summed E-state index contributed by atoms with van der Waals surface area (Å²) < 4.78 is 9.36. The number of ether oxygens (including phenoxy) is 2. The summed E-state index contributed by atoms with van der Waals surface area (Å²) in [7, 11) is 2.55. The minimum Gasteiger partial charge on any atom is -0.453 e. The highest BCUT2D eigenvalue weighted by atomic mass is 16.5. The fraction of sp³-hybridized carbons (Fsp3) is 0.400. The number of imidazole rings is 2. The summed E-state index contributed by atoms with van der Waals surface area (Å²) in [6, 6.07) is 11.9. The van der Waals surface area contributed by atoms with E-state index in [1.54, 1.807) is 16.0 Å². The SMILES string of the molecule is CCCN(Cc1ncc(-c2ccc3[nH]c4c(c3c2)Cc2cc(-c3cnc(C5CCCN5C(=O)CNC(=O)OC)[nH]3)ccc2-4)[nH]1)C(=O)C(NC(=O)OC)C(C)C. The summed E-state index contributed by atoms with van der Waals surface area (Å²) in [5, 5.41) is 6.29. The first kappa shape index (κ1) is 37.2. The molecule has 1 aliphatic carbocycles. The number of hydrogen-bond donors (Lipinski definition) is 5. The lowest BCUT2D eigenvalue weighted by Gasteiger charge is -2.28. The number of amides is 4. The van der Waals surface area contributed by atoms with Crippen LogP contribution < -0.4 is 10.6 Å². The Balaban J connectivity index is 1.06. The molecule has 2 unspecified atom stereocenters. The van der Waals surface area contributed by atoms with Gasteiger partial charge in [-0.3, -0.25) is 9.59 Å². The number of benzene rings is 2. The van der Waals surface area contributed by atoms with Crippen molar-refractivity contribution in [3.63, 3.8) is 0 Å². The minimum absolute atomic E-state index is 0.125. The van der Waals surface area contributed by atoms with Gasteiger partial charge in [-0.05, 0) is 60.1 Å². The van der Waals surface area contributed by atoms with Crippen molar-refractivity contribution in [2.75, 3.05) is 33.9 Å². The van der Waals surface area contributed by atoms with Crippen LogP contribution in [0.4, 0.5) is 9.59 Å². The number of nitrogens with zero attached hydrogens (tertiary/aromatic N) is 4. The van der Waals surface area contributed by atoms with Gasteiger partial charge in [0.05, 0.1) is 56.3 Å². The zero-order chi connectivity index (χ0) is 38.8. The molecule has 2 aromatic carbocycles. The van der Waals surface area contributed by atoms with Gasteiger partial charge in [0.15, 0.2) is 0 Å². The van der Waals surface area contributed by atoms with Crippen LogP contribution >= 0.6 is 0 Å². The zero-order valence-corrected chi connectivity index (χ0v) is 31.7. The van der Waals surface area contributed by atoms with Gasteiger partial charge in [0, 0.05) is 41.5 Å². The molecule has 0 radical (unpaired) electrons. The summed E-state index contributed by atoms with van der Waals surface area (Å²) >= 11 is 0. The van der Waals surface area contributed by atoms with Crippen molar-refractivity contribution >= 4 is 34.9 Å². The Hall–Kier alpha value is -6.12. The first-order valence-electron chi connectivity index (χ1n) is 18.7. The molecule has 1 fully saturated rings. The Morgan fingerprint density at radius 2 is 1.71 bits per heavy atom. The van der Waals surface area contributed by atoms with Crippen molar-refractivity contribution in [2.24, 2.45) is 5.92 Å². The van der Waals surface area contributed by atoms with Gasteiger partial charge in [0.1, 0.15) is 24.2 Å². The average Bonchev–Trinajstić information content (AvgIpc) is 4.03. The number of aromatic amines is 3. The van der Waals surface area contributed by atoms with Crippen LogP contribution in [0.5, 0.6) is 0 Å². The molecule has 5 N–H and O–H groups in total. The van der Waals surface area contributed by atoms with E-state index in [-0.39, 0.29) is 36.9 Å². The third-order valence-electron chi connectivity index (χ3n) is 10.5. The van der Waals surface area contributed by atoms with Gasteiger partial charge in [0.2, 0.25) is 11.8 Å². The lowest BCUT2D eigenvalue weighted by Crippen LogP contribution is -2.51. The highest BCUT2D eigenvalue weighted by Gasteiger charge is 2.33. The molecule has 2 atom stereocenters. The number of alkyl carbamates (subject to hydrolysis) is 2. The van der Waals surface area contributed by atoms with Gasteiger partial charge in [-0.2, -0.15) is 0 Å². The molecule has 4 heterocycles. The molecule has 4 amide bonds. The van der Waals surface area contributed by atoms with Crippen LogP contribution in [0.1, 0.15) is 68.9 Å². The van der Waals surface area contributed by atoms with E-state index >= 15 is 0 Å². The van der Waals surface area contributed by atoms with Crippen molar-refractivity contribution in [1.29, 1.82) is 0 Å². The van der Waals surface area contributed by atoms with Gasteiger partial charge >= 0.3 is 12.2 Å². The van der Waals surface area contributed by atoms with Crippen LogP contribution in [-0.4, -0.2) is 98.6 Å². The van der Waals surface area contributed by atoms with Crippen LogP contribution in [0.15, 0.2) is 48.8 Å². The van der Waals surface area contributed by atoms with Crippen LogP contribution in [0, 0.1) is 5.92 Å². The Labute approximate surface area is 318 Å². The highest BCUT2D eigenvalue weighted by molar-refractivity contribution is 5.97. The van der Waals surface area contributed by atoms with E-state index in [0.717, 1.165) is 76.2 Å². The van der Waals surface area contributed by atoms with E-state index in [2.05, 4.69) is 76.7 Å². The van der Waals surface area contributed by atoms with E-state index in [9.17, 15) is 19.2 Å². The molecule has 2 aliphatic rings. The van der Waals surface area contributed by atoms with Crippen LogP contribution in [0.2, 0.25) is 0 Å². The van der Waals surface area contributed by atoms with Crippen molar-refractivity contribution < 1.29 is 28.7 Å². The van der Waals surface area contributed by atoms with E-state index < -0.39 is 18.2 Å². The minimum atomic E-state index is -0.715. The molecule has 7 rings (SSSR count). The quantitative estimate of drug-likeness (QED) is 0.106. The maximum Gasteiger partial charge on any atom is 0.407 e. The van der Waals surface area contributed by atoms with Gasteiger partial charge < -0.3 is 44.9 Å². The molecule has 3 aromatic heterocycles. The van der Waals surface area contributed by atoms with Crippen molar-refractivity contribution in [3.05, 3.63) is 71.6 Å². The summed E-state index contributed by atoms with van der Waals surface area (Å²) in [4.78, 5) is 73.2. The molecule has 288 valence electrons. The molecule has 0 saturated carbocycles. The Morgan fingerprint density at radius 3 is 2.47 bits per heavy atom. The fourth-order valence-electron chi connectivity index (χ4n) is 7.70. The van der Waals surface area contributed by atoms with Crippen LogP contribution in [-0.2, 0) is 32.0 Å². The van der Waals surface area contributed by atoms with Gasteiger partial charge in [-0.25, -0.2) is 19.6 Å². The second-order valence-corrected chi connectivity index (χ2v) is 14.4. The fourth-order valence-corrected chi connectivity index (χ4v) is 7.70. The van der Waals surface area contributed by atoms with Crippen molar-refractivity contribution in [3.8, 4) is 33.8 Å². The first-order valence-corrected chi connectivity index (χ1v) is 18.7. The summed E-state index contributed by atoms with van der Waals surface area (Å²) in [6.07, 6.45) is 5.50. The Bertz CT molecular complexity index is 2240. The number of carbonyl (C=O) groups is 4. The second kappa shape index (κ2) is 15.7. The topological polar surface area (TPSA) is 190 Å². The predicted molar refractivity (Wildman–Crippen MR) is 206 cm³/mol. The molecule has 1 saturated heterocycles. The monoisotopic (exact) mass is 749 g/mol. The van der Waals surface area contributed by atoms with Gasteiger partial charge in [-0.1, -0.05) is 39.0 Å². The molecule has 0 spiro atoms. The number of hydrogen-bond acceptors (Lipinski definition) is 8. The number of carbonyl (C=O) groups excluding carboxylic acids is 4. The number of H-pyrrole nitrogens is 3. The average molecular weight is 750 g/mol. The summed E-state index contributed by atoms with van der Waals surface area (Å²) in [5.74, 6) is 0.899. The number of aromatic nitrogens is 5. The standard InChI is InChI=1S/C40H47N9O6/c1-6-13-48(38(51)35(22(2)3)47-40(53)55-5)21-33-41-18-30(44-33)24-10-12-29-27(16-24)28-17-25-15-23(9-11-26(25)36(28)45-29)31-19-42-37(46-31)32-8-7-14-49(32)34(50)20-43-39(52)54-4/h9-12,15-16,18-19,22,32,35,45H,6-8,13-14,17,20-21H2,1-5H3,(H,41,44)(H,42,46)(H,43,52)(H,47,53). The number of methoxy groups -OCH3 is 2. The largest absolute Gasteiger partial charge is 0.453 e. The second-order valence-electron chi connectivity index (χ2n) is 14.4. The molecule has 55 heavy (non-hydrogen) atoms. The molecule has 0 bridgehead atoms. The first-order chi connectivity index (χ1) is 26.6. The van der Waals surface area contributed by atoms with E-state index in [1.165, 1.54) is 25.3 Å². The smallest absolute Gasteiger partial charge is 0.407 e. The van der Waals surface area contributed by atoms with Gasteiger partial charge in [-0.15, -0.1) is 0 Å². The number of fused-ring (bicyclic) bond motifs is 5. The molecular weight excluding hydrogens is 702 g/mol. The number of nitrogens with one attached hydrogen (secondary N) is 5. The highest BCUT2D eigenvalue weighted by Crippen LogP contribution is 2.43. The Morgan fingerprint density at radius 1 is 0.964 bits per heavy atom. The molecular formula is C40H47N9O6. The number of rotatable bonds is 12. The lowest BCUT2D eigenvalue weighted by atomic mass is 10.0. The normalized spacial score (nSPS) is 15.2. The third-order valence-corrected chi connectivity index (χ3v) is 10.5. The lowest BCUT2D eigenvalue weighted by molar-refractivity contribution is -0.135. The zero-order valence-electron chi connectivity index (χ0n) is 31.7. The van der Waals surface area contributed by atoms with E-state index in [1.807, 2.05) is 27.0 Å². The maximum absolute atomic E-state index is 13.5. The molecule has 5 aromatic rings. The van der Waals surface area contributed by atoms with Crippen molar-refractivity contribution in [1.82, 2.24) is 45.4 Å². The Kier molecular flexibility index (Phi) is 10.6.